The second kappa shape index (κ2) is 3.86. The van der Waals surface area contributed by atoms with Crippen LogP contribution in [0.4, 0.5) is 0 Å². The van der Waals surface area contributed by atoms with Gasteiger partial charge in [0.15, 0.2) is 0 Å². The zero-order valence-corrected chi connectivity index (χ0v) is 10.2. The van der Waals surface area contributed by atoms with Gasteiger partial charge in [0.1, 0.15) is 6.17 Å². The second-order valence-electron chi connectivity index (χ2n) is 5.18. The number of nitriles is 1. The van der Waals surface area contributed by atoms with Gasteiger partial charge in [0.25, 0.3) is 5.91 Å². The van der Waals surface area contributed by atoms with E-state index in [1.54, 1.807) is 12.1 Å². The molecule has 1 heterocycles. The Labute approximate surface area is 101 Å². The quantitative estimate of drug-likeness (QED) is 0.770. The zero-order chi connectivity index (χ0) is 12.6. The Kier molecular flexibility index (Phi) is 2.64. The lowest BCUT2D eigenvalue weighted by Gasteiger charge is -2.26. The van der Waals surface area contributed by atoms with Crippen molar-refractivity contribution >= 4 is 5.91 Å². The Hall–Kier alpha value is -1.86. The van der Waals surface area contributed by atoms with E-state index < -0.39 is 0 Å². The minimum atomic E-state index is -0.217. The number of carbonyl (C=O) groups excluding carboxylic acids is 1. The van der Waals surface area contributed by atoms with Crippen LogP contribution in [0.5, 0.6) is 0 Å². The lowest BCUT2D eigenvalue weighted by Crippen LogP contribution is -2.43. The summed E-state index contributed by atoms with van der Waals surface area (Å²) in [7, 11) is 0. The molecule has 0 saturated heterocycles. The van der Waals surface area contributed by atoms with Crippen LogP contribution in [-0.2, 0) is 0 Å². The Morgan fingerprint density at radius 2 is 2.12 bits per heavy atom. The van der Waals surface area contributed by atoms with Crippen LogP contribution in [0.3, 0.4) is 0 Å². The Balaban J connectivity index is 2.43. The summed E-state index contributed by atoms with van der Waals surface area (Å²) in [5.74, 6) is -0.182. The van der Waals surface area contributed by atoms with Gasteiger partial charge < -0.3 is 5.32 Å². The van der Waals surface area contributed by atoms with Gasteiger partial charge in [0, 0.05) is 11.1 Å². The largest absolute Gasteiger partial charge is 0.332 e. The molecule has 0 fully saturated rings. The highest BCUT2D eigenvalue weighted by molar-refractivity contribution is 6.01. The van der Waals surface area contributed by atoms with Crippen molar-refractivity contribution in [3.63, 3.8) is 0 Å². The van der Waals surface area contributed by atoms with Gasteiger partial charge in [-0.2, -0.15) is 5.26 Å². The predicted molar refractivity (Wildman–Crippen MR) is 64.3 cm³/mol. The maximum absolute atomic E-state index is 11.8. The van der Waals surface area contributed by atoms with Gasteiger partial charge in [0.2, 0.25) is 0 Å². The lowest BCUT2D eigenvalue weighted by molar-refractivity contribution is 0.0946. The fourth-order valence-corrected chi connectivity index (χ4v) is 1.99. The topological polar surface area (TPSA) is 64.9 Å². The van der Waals surface area contributed by atoms with Gasteiger partial charge in [-0.3, -0.25) is 10.1 Å². The van der Waals surface area contributed by atoms with E-state index in [0.717, 1.165) is 5.56 Å². The van der Waals surface area contributed by atoms with Crippen molar-refractivity contribution in [3.8, 4) is 6.07 Å². The molecule has 88 valence electrons. The van der Waals surface area contributed by atoms with Gasteiger partial charge >= 0.3 is 0 Å². The first kappa shape index (κ1) is 11.6. The Bertz CT molecular complexity index is 508. The summed E-state index contributed by atoms with van der Waals surface area (Å²) < 4.78 is 0. The lowest BCUT2D eigenvalue weighted by atomic mass is 10.0. The SMILES string of the molecule is CC(C)(C)NC1NC(=O)c2c(C#N)cccc21. The van der Waals surface area contributed by atoms with Crippen LogP contribution in [0.1, 0.15) is 48.4 Å². The molecule has 1 amide bonds. The number of fused-ring (bicyclic) bond motifs is 1. The fourth-order valence-electron chi connectivity index (χ4n) is 1.99. The van der Waals surface area contributed by atoms with E-state index >= 15 is 0 Å². The van der Waals surface area contributed by atoms with Crippen molar-refractivity contribution < 1.29 is 4.79 Å². The highest BCUT2D eigenvalue weighted by atomic mass is 16.2. The van der Waals surface area contributed by atoms with Crippen LogP contribution in [-0.4, -0.2) is 11.4 Å². The molecular formula is C13H15N3O. The highest BCUT2D eigenvalue weighted by Crippen LogP contribution is 2.27. The number of rotatable bonds is 1. The van der Waals surface area contributed by atoms with Crippen molar-refractivity contribution in [1.82, 2.24) is 10.6 Å². The van der Waals surface area contributed by atoms with Crippen LogP contribution in [0.25, 0.3) is 0 Å². The van der Waals surface area contributed by atoms with E-state index in [1.807, 2.05) is 26.8 Å². The van der Waals surface area contributed by atoms with Crippen molar-refractivity contribution in [2.45, 2.75) is 32.5 Å². The molecule has 4 heteroatoms. The molecule has 0 aliphatic carbocycles. The molecule has 1 aromatic rings. The van der Waals surface area contributed by atoms with Crippen molar-refractivity contribution in [2.75, 3.05) is 0 Å². The molecule has 1 unspecified atom stereocenters. The molecule has 0 radical (unpaired) electrons. The maximum atomic E-state index is 11.8. The Morgan fingerprint density at radius 1 is 1.41 bits per heavy atom. The molecule has 17 heavy (non-hydrogen) atoms. The molecule has 2 N–H and O–H groups in total. The number of nitrogens with zero attached hydrogens (tertiary/aromatic N) is 1. The predicted octanol–water partition coefficient (Wildman–Crippen LogP) is 1.69. The fraction of sp³-hybridized carbons (Fsp3) is 0.385. The third-order valence-corrected chi connectivity index (χ3v) is 2.61. The standard InChI is InChI=1S/C13H15N3O/c1-13(2,3)16-11-9-6-4-5-8(7-14)10(9)12(17)15-11/h4-6,11,16H,1-3H3,(H,15,17). The minimum absolute atomic E-state index is 0.109. The summed E-state index contributed by atoms with van der Waals surface area (Å²) in [5, 5.41) is 15.2. The summed E-state index contributed by atoms with van der Waals surface area (Å²) in [6.07, 6.45) is -0.217. The highest BCUT2D eigenvalue weighted by Gasteiger charge is 2.32. The molecule has 0 bridgehead atoms. The summed E-state index contributed by atoms with van der Waals surface area (Å²) in [6.45, 7) is 6.10. The maximum Gasteiger partial charge on any atom is 0.254 e. The van der Waals surface area contributed by atoms with E-state index in [1.165, 1.54) is 0 Å². The summed E-state index contributed by atoms with van der Waals surface area (Å²) in [6, 6.07) is 7.39. The van der Waals surface area contributed by atoms with Crippen LogP contribution in [0, 0.1) is 11.3 Å². The van der Waals surface area contributed by atoms with Crippen molar-refractivity contribution in [3.05, 3.63) is 34.9 Å². The summed E-state index contributed by atoms with van der Waals surface area (Å²) >= 11 is 0. The summed E-state index contributed by atoms with van der Waals surface area (Å²) in [4.78, 5) is 11.8. The first-order valence-electron chi connectivity index (χ1n) is 5.54. The van der Waals surface area contributed by atoms with E-state index in [0.29, 0.717) is 11.1 Å². The first-order valence-corrected chi connectivity index (χ1v) is 5.54. The number of benzene rings is 1. The average molecular weight is 229 g/mol. The van der Waals surface area contributed by atoms with E-state index in [4.69, 9.17) is 5.26 Å². The monoisotopic (exact) mass is 229 g/mol. The number of nitrogens with one attached hydrogen (secondary N) is 2. The minimum Gasteiger partial charge on any atom is -0.332 e. The molecule has 1 aromatic carbocycles. The van der Waals surface area contributed by atoms with Crippen molar-refractivity contribution in [2.24, 2.45) is 0 Å². The third-order valence-electron chi connectivity index (χ3n) is 2.61. The molecule has 4 nitrogen and oxygen atoms in total. The van der Waals surface area contributed by atoms with Gasteiger partial charge in [-0.1, -0.05) is 12.1 Å². The number of hydrogen-bond donors (Lipinski definition) is 2. The van der Waals surface area contributed by atoms with Gasteiger partial charge in [0.05, 0.1) is 17.2 Å². The third kappa shape index (κ3) is 2.15. The van der Waals surface area contributed by atoms with Gasteiger partial charge in [-0.15, -0.1) is 0 Å². The molecule has 0 spiro atoms. The molecule has 0 saturated carbocycles. The number of amides is 1. The second-order valence-corrected chi connectivity index (χ2v) is 5.18. The molecule has 1 aliphatic rings. The molecule has 0 aromatic heterocycles. The van der Waals surface area contributed by atoms with Crippen LogP contribution < -0.4 is 10.6 Å². The van der Waals surface area contributed by atoms with Gasteiger partial charge in [-0.25, -0.2) is 0 Å². The first-order chi connectivity index (χ1) is 7.92. The Morgan fingerprint density at radius 3 is 2.71 bits per heavy atom. The van der Waals surface area contributed by atoms with E-state index in [-0.39, 0.29) is 17.6 Å². The van der Waals surface area contributed by atoms with Gasteiger partial charge in [-0.05, 0) is 26.8 Å². The smallest absolute Gasteiger partial charge is 0.254 e. The molecule has 1 aliphatic heterocycles. The number of carbonyl (C=O) groups is 1. The molecular weight excluding hydrogens is 214 g/mol. The van der Waals surface area contributed by atoms with Crippen LogP contribution >= 0.6 is 0 Å². The zero-order valence-electron chi connectivity index (χ0n) is 10.2. The number of hydrogen-bond acceptors (Lipinski definition) is 3. The average Bonchev–Trinajstić information content (AvgIpc) is 2.53. The van der Waals surface area contributed by atoms with Crippen LogP contribution in [0.2, 0.25) is 0 Å². The van der Waals surface area contributed by atoms with E-state index in [2.05, 4.69) is 16.7 Å². The summed E-state index contributed by atoms with van der Waals surface area (Å²) in [5.41, 5.74) is 1.67. The molecule has 1 atom stereocenters. The van der Waals surface area contributed by atoms with E-state index in [9.17, 15) is 4.79 Å². The molecule has 2 rings (SSSR count). The normalized spacial score (nSPS) is 18.5. The van der Waals surface area contributed by atoms with Crippen molar-refractivity contribution in [1.29, 1.82) is 5.26 Å². The van der Waals surface area contributed by atoms with Crippen LogP contribution in [0.15, 0.2) is 18.2 Å².